The molecule has 1 N–H and O–H groups in total. The maximum Gasteiger partial charge on any atom is 0.138 e. The average molecular weight is 341 g/mol. The fourth-order valence-corrected chi connectivity index (χ4v) is 2.77. The minimum atomic E-state index is 0.507. The van der Waals surface area contributed by atoms with E-state index in [-0.39, 0.29) is 0 Å². The van der Waals surface area contributed by atoms with Crippen LogP contribution < -0.4 is 10.1 Å². The lowest BCUT2D eigenvalue weighted by atomic mass is 10.2. The summed E-state index contributed by atoms with van der Waals surface area (Å²) in [7, 11) is 0. The molecule has 0 amide bonds. The van der Waals surface area contributed by atoms with Gasteiger partial charge < -0.3 is 10.1 Å². The highest BCUT2D eigenvalue weighted by molar-refractivity contribution is 9.10. The van der Waals surface area contributed by atoms with Crippen LogP contribution in [0.4, 0.5) is 0 Å². The van der Waals surface area contributed by atoms with Crippen LogP contribution in [0.1, 0.15) is 24.6 Å². The number of para-hydroxylation sites is 1. The average Bonchev–Trinajstić information content (AvgIpc) is 2.91. The van der Waals surface area contributed by atoms with E-state index >= 15 is 0 Å². The molecule has 0 aliphatic rings. The molecule has 0 radical (unpaired) electrons. The molecule has 0 spiro atoms. The molecule has 0 saturated heterocycles. The monoisotopic (exact) mass is 340 g/mol. The maximum absolute atomic E-state index is 5.90. The highest BCUT2D eigenvalue weighted by atomic mass is 79.9. The van der Waals surface area contributed by atoms with Crippen molar-refractivity contribution in [2.24, 2.45) is 0 Å². The van der Waals surface area contributed by atoms with E-state index in [4.69, 9.17) is 4.74 Å². The van der Waals surface area contributed by atoms with Crippen molar-refractivity contribution in [1.82, 2.24) is 10.3 Å². The first-order chi connectivity index (χ1) is 9.31. The van der Waals surface area contributed by atoms with Crippen molar-refractivity contribution in [1.29, 1.82) is 0 Å². The molecule has 3 nitrogen and oxygen atoms in total. The van der Waals surface area contributed by atoms with E-state index in [1.165, 1.54) is 0 Å². The third kappa shape index (κ3) is 4.30. The number of nitrogens with zero attached hydrogens (tertiary/aromatic N) is 1. The van der Waals surface area contributed by atoms with Crippen LogP contribution in [0, 0.1) is 0 Å². The molecule has 1 aromatic heterocycles. The summed E-state index contributed by atoms with van der Waals surface area (Å²) in [6.45, 7) is 4.50. The van der Waals surface area contributed by atoms with E-state index in [9.17, 15) is 0 Å². The van der Waals surface area contributed by atoms with Crippen molar-refractivity contribution < 1.29 is 4.74 Å². The lowest BCUT2D eigenvalue weighted by Gasteiger charge is -2.13. The van der Waals surface area contributed by atoms with E-state index < -0.39 is 0 Å². The van der Waals surface area contributed by atoms with Crippen LogP contribution in [-0.2, 0) is 13.2 Å². The first-order valence-corrected chi connectivity index (χ1v) is 8.02. The molecule has 5 heteroatoms. The molecule has 2 aromatic rings. The van der Waals surface area contributed by atoms with Gasteiger partial charge in [0.05, 0.1) is 15.7 Å². The first-order valence-electron chi connectivity index (χ1n) is 6.29. The minimum absolute atomic E-state index is 0.507. The Morgan fingerprint density at radius 3 is 3.05 bits per heavy atom. The van der Waals surface area contributed by atoms with Gasteiger partial charge in [0, 0.05) is 17.5 Å². The molecule has 2 rings (SSSR count). The highest BCUT2D eigenvalue weighted by Crippen LogP contribution is 2.29. The number of hydrogen-bond donors (Lipinski definition) is 1. The normalized spacial score (nSPS) is 10.6. The van der Waals surface area contributed by atoms with Gasteiger partial charge in [0.1, 0.15) is 12.4 Å². The van der Waals surface area contributed by atoms with Gasteiger partial charge in [0.25, 0.3) is 0 Å². The summed E-state index contributed by atoms with van der Waals surface area (Å²) >= 11 is 5.13. The Balaban J connectivity index is 2.04. The van der Waals surface area contributed by atoms with Crippen molar-refractivity contribution in [2.75, 3.05) is 6.54 Å². The number of halogens is 1. The molecule has 0 aliphatic carbocycles. The lowest BCUT2D eigenvalue weighted by molar-refractivity contribution is 0.296. The third-order valence-electron chi connectivity index (χ3n) is 2.64. The van der Waals surface area contributed by atoms with E-state index in [2.05, 4.69) is 39.2 Å². The summed E-state index contributed by atoms with van der Waals surface area (Å²) in [4.78, 5) is 4.23. The van der Waals surface area contributed by atoms with Crippen LogP contribution in [-0.4, -0.2) is 11.5 Å². The summed E-state index contributed by atoms with van der Waals surface area (Å²) in [6, 6.07) is 6.12. The van der Waals surface area contributed by atoms with E-state index in [0.29, 0.717) is 6.61 Å². The zero-order valence-corrected chi connectivity index (χ0v) is 13.3. The Morgan fingerprint density at radius 1 is 1.42 bits per heavy atom. The molecule has 0 fully saturated rings. The predicted molar refractivity (Wildman–Crippen MR) is 82.6 cm³/mol. The van der Waals surface area contributed by atoms with Crippen molar-refractivity contribution >= 4 is 27.3 Å². The Kier molecular flexibility index (Phi) is 5.82. The number of benzene rings is 1. The summed E-state index contributed by atoms with van der Waals surface area (Å²) in [5.74, 6) is 0.902. The van der Waals surface area contributed by atoms with Crippen LogP contribution in [0.5, 0.6) is 5.75 Å². The third-order valence-corrected chi connectivity index (χ3v) is 3.90. The molecule has 0 unspecified atom stereocenters. The van der Waals surface area contributed by atoms with E-state index in [0.717, 1.165) is 41.0 Å². The number of ether oxygens (including phenoxy) is 1. The largest absolute Gasteiger partial charge is 0.486 e. The van der Waals surface area contributed by atoms with Crippen LogP contribution in [0.3, 0.4) is 0 Å². The fraction of sp³-hybridized carbons (Fsp3) is 0.357. The molecule has 1 heterocycles. The van der Waals surface area contributed by atoms with Gasteiger partial charge in [0.15, 0.2) is 0 Å². The van der Waals surface area contributed by atoms with Gasteiger partial charge >= 0.3 is 0 Å². The second-order valence-electron chi connectivity index (χ2n) is 4.17. The molecular weight excluding hydrogens is 324 g/mol. The SMILES string of the molecule is CCCNCc1cccc(Br)c1OCc1cscn1. The Morgan fingerprint density at radius 2 is 2.32 bits per heavy atom. The number of hydrogen-bond acceptors (Lipinski definition) is 4. The fourth-order valence-electron chi connectivity index (χ4n) is 1.71. The highest BCUT2D eigenvalue weighted by Gasteiger charge is 2.08. The summed E-state index contributed by atoms with van der Waals surface area (Å²) < 4.78 is 6.89. The maximum atomic E-state index is 5.90. The van der Waals surface area contributed by atoms with Gasteiger partial charge in [-0.2, -0.15) is 0 Å². The standard InChI is InChI=1S/C14H17BrN2OS/c1-2-6-16-7-11-4-3-5-13(15)14(11)18-8-12-9-19-10-17-12/h3-5,9-10,16H,2,6-8H2,1H3. The van der Waals surface area contributed by atoms with Gasteiger partial charge in [-0.3, -0.25) is 0 Å². The summed E-state index contributed by atoms with van der Waals surface area (Å²) in [6.07, 6.45) is 1.13. The Hall–Kier alpha value is -0.910. The Labute approximate surface area is 126 Å². The predicted octanol–water partition coefficient (Wildman–Crippen LogP) is 3.98. The van der Waals surface area contributed by atoms with E-state index in [1.807, 2.05) is 23.0 Å². The van der Waals surface area contributed by atoms with Gasteiger partial charge in [-0.05, 0) is 35.0 Å². The van der Waals surface area contributed by atoms with Crippen LogP contribution in [0.25, 0.3) is 0 Å². The van der Waals surface area contributed by atoms with Crippen LogP contribution in [0.15, 0.2) is 33.6 Å². The molecule has 0 saturated carbocycles. The molecule has 0 bridgehead atoms. The van der Waals surface area contributed by atoms with Crippen molar-refractivity contribution in [2.45, 2.75) is 26.5 Å². The minimum Gasteiger partial charge on any atom is -0.486 e. The zero-order chi connectivity index (χ0) is 13.5. The van der Waals surface area contributed by atoms with Crippen molar-refractivity contribution in [3.05, 3.63) is 44.8 Å². The van der Waals surface area contributed by atoms with Crippen molar-refractivity contribution in [3.8, 4) is 5.75 Å². The molecule has 1 aromatic carbocycles. The molecule has 0 aliphatic heterocycles. The second kappa shape index (κ2) is 7.62. The van der Waals surface area contributed by atoms with Crippen LogP contribution in [0.2, 0.25) is 0 Å². The topological polar surface area (TPSA) is 34.1 Å². The summed E-state index contributed by atoms with van der Waals surface area (Å²) in [5, 5.41) is 5.40. The quantitative estimate of drug-likeness (QED) is 0.774. The number of aromatic nitrogens is 1. The van der Waals surface area contributed by atoms with Gasteiger partial charge in [-0.15, -0.1) is 11.3 Å². The van der Waals surface area contributed by atoms with E-state index in [1.54, 1.807) is 11.3 Å². The van der Waals surface area contributed by atoms with Crippen LogP contribution >= 0.6 is 27.3 Å². The number of nitrogens with one attached hydrogen (secondary N) is 1. The number of thiazole rings is 1. The number of rotatable bonds is 7. The van der Waals surface area contributed by atoms with Gasteiger partial charge in [0.2, 0.25) is 0 Å². The molecular formula is C14H17BrN2OS. The van der Waals surface area contributed by atoms with Gasteiger partial charge in [-0.25, -0.2) is 4.98 Å². The molecule has 19 heavy (non-hydrogen) atoms. The van der Waals surface area contributed by atoms with Crippen molar-refractivity contribution in [3.63, 3.8) is 0 Å². The first kappa shape index (κ1) is 14.5. The summed E-state index contributed by atoms with van der Waals surface area (Å²) in [5.41, 5.74) is 3.95. The second-order valence-corrected chi connectivity index (χ2v) is 5.75. The van der Waals surface area contributed by atoms with Gasteiger partial charge in [-0.1, -0.05) is 19.1 Å². The molecule has 102 valence electrons. The lowest BCUT2D eigenvalue weighted by Crippen LogP contribution is -2.14. The zero-order valence-electron chi connectivity index (χ0n) is 10.9. The smallest absolute Gasteiger partial charge is 0.138 e. The molecule has 0 atom stereocenters. The Bertz CT molecular complexity index is 502.